The molecule has 0 atom stereocenters. The van der Waals surface area contributed by atoms with Crippen molar-refractivity contribution < 1.29 is 13.5 Å². The van der Waals surface area contributed by atoms with Crippen LogP contribution in [0, 0.1) is 6.92 Å². The van der Waals surface area contributed by atoms with E-state index < -0.39 is 10.0 Å². The van der Waals surface area contributed by atoms with Crippen molar-refractivity contribution in [1.29, 1.82) is 0 Å². The minimum Gasteiger partial charge on any atom is -0.392 e. The van der Waals surface area contributed by atoms with E-state index in [0.29, 0.717) is 12.0 Å². The summed E-state index contributed by atoms with van der Waals surface area (Å²) in [7, 11) is -3.60. The Balaban J connectivity index is 2.04. The second kappa shape index (κ2) is 6.45. The lowest BCUT2D eigenvalue weighted by atomic mass is 10.2. The molecule has 0 amide bonds. The molecule has 0 unspecified atom stereocenters. The summed E-state index contributed by atoms with van der Waals surface area (Å²) in [6, 6.07) is 6.42. The van der Waals surface area contributed by atoms with Crippen LogP contribution >= 0.6 is 11.3 Å². The van der Waals surface area contributed by atoms with E-state index in [2.05, 4.69) is 9.71 Å². The Bertz CT molecular complexity index is 680. The number of aliphatic hydroxyl groups excluding tert-OH is 1. The molecule has 2 rings (SSSR count). The van der Waals surface area contributed by atoms with Crippen LogP contribution in [0.4, 0.5) is 0 Å². The summed E-state index contributed by atoms with van der Waals surface area (Å²) in [4.78, 5) is 4.40. The van der Waals surface area contributed by atoms with Gasteiger partial charge in [0.2, 0.25) is 10.0 Å². The molecule has 0 spiro atoms. The molecule has 0 fully saturated rings. The lowest BCUT2D eigenvalue weighted by Crippen LogP contribution is -2.27. The van der Waals surface area contributed by atoms with Gasteiger partial charge in [-0.05, 0) is 18.6 Å². The van der Waals surface area contributed by atoms with Crippen LogP contribution in [0.15, 0.2) is 34.5 Å². The zero-order chi connectivity index (χ0) is 14.6. The predicted molar refractivity (Wildman–Crippen MR) is 78.1 cm³/mol. The summed E-state index contributed by atoms with van der Waals surface area (Å²) in [5.41, 5.74) is 1.27. The lowest BCUT2D eigenvalue weighted by Gasteiger charge is -2.09. The fourth-order valence-corrected chi connectivity index (χ4v) is 3.72. The van der Waals surface area contributed by atoms with E-state index >= 15 is 0 Å². The highest BCUT2D eigenvalue weighted by atomic mass is 32.2. The second-order valence-corrected chi connectivity index (χ2v) is 7.07. The SMILES string of the molecule is Cc1nc(CCNS(=O)(=O)c2ccccc2CO)cs1. The lowest BCUT2D eigenvalue weighted by molar-refractivity contribution is 0.278. The van der Waals surface area contributed by atoms with Crippen molar-refractivity contribution in [3.63, 3.8) is 0 Å². The van der Waals surface area contributed by atoms with Crippen molar-refractivity contribution in [2.75, 3.05) is 6.54 Å². The van der Waals surface area contributed by atoms with E-state index in [1.807, 2.05) is 12.3 Å². The number of nitrogens with one attached hydrogen (secondary N) is 1. The van der Waals surface area contributed by atoms with Crippen molar-refractivity contribution in [1.82, 2.24) is 9.71 Å². The van der Waals surface area contributed by atoms with Gasteiger partial charge in [0.1, 0.15) is 0 Å². The van der Waals surface area contributed by atoms with Crippen molar-refractivity contribution in [3.8, 4) is 0 Å². The van der Waals surface area contributed by atoms with Crippen LogP contribution < -0.4 is 4.72 Å². The van der Waals surface area contributed by atoms with E-state index in [1.54, 1.807) is 29.5 Å². The zero-order valence-corrected chi connectivity index (χ0v) is 12.7. The van der Waals surface area contributed by atoms with Crippen LogP contribution in [0.5, 0.6) is 0 Å². The third kappa shape index (κ3) is 3.63. The summed E-state index contributed by atoms with van der Waals surface area (Å²) >= 11 is 1.54. The first-order chi connectivity index (χ1) is 9.53. The van der Waals surface area contributed by atoms with Crippen LogP contribution in [0.25, 0.3) is 0 Å². The summed E-state index contributed by atoms with van der Waals surface area (Å²) in [5.74, 6) is 0. The third-order valence-electron chi connectivity index (χ3n) is 2.77. The zero-order valence-electron chi connectivity index (χ0n) is 11.0. The highest BCUT2D eigenvalue weighted by molar-refractivity contribution is 7.89. The molecule has 5 nitrogen and oxygen atoms in total. The molecule has 108 valence electrons. The normalized spacial score (nSPS) is 11.7. The molecule has 0 aliphatic rings. The van der Waals surface area contributed by atoms with Gasteiger partial charge >= 0.3 is 0 Å². The first kappa shape index (κ1) is 15.1. The molecule has 1 aromatic heterocycles. The Hall–Kier alpha value is -1.28. The van der Waals surface area contributed by atoms with Gasteiger partial charge in [-0.25, -0.2) is 18.1 Å². The number of hydrogen-bond donors (Lipinski definition) is 2. The van der Waals surface area contributed by atoms with E-state index in [-0.39, 0.29) is 18.0 Å². The van der Waals surface area contributed by atoms with Gasteiger partial charge in [-0.3, -0.25) is 0 Å². The molecule has 1 heterocycles. The van der Waals surface area contributed by atoms with E-state index in [1.165, 1.54) is 6.07 Å². The number of aromatic nitrogens is 1. The minimum absolute atomic E-state index is 0.122. The fourth-order valence-electron chi connectivity index (χ4n) is 1.81. The van der Waals surface area contributed by atoms with Crippen LogP contribution in [0.2, 0.25) is 0 Å². The molecule has 2 aromatic rings. The average Bonchev–Trinajstić information content (AvgIpc) is 2.84. The monoisotopic (exact) mass is 312 g/mol. The smallest absolute Gasteiger partial charge is 0.240 e. The molecule has 2 N–H and O–H groups in total. The van der Waals surface area contributed by atoms with Gasteiger partial charge in [0, 0.05) is 18.3 Å². The van der Waals surface area contributed by atoms with Gasteiger partial charge in [0.15, 0.2) is 0 Å². The summed E-state index contributed by atoms with van der Waals surface area (Å²) in [5, 5.41) is 12.1. The Morgan fingerprint density at radius 1 is 1.35 bits per heavy atom. The van der Waals surface area contributed by atoms with E-state index in [0.717, 1.165) is 10.7 Å². The maximum Gasteiger partial charge on any atom is 0.240 e. The maximum absolute atomic E-state index is 12.2. The van der Waals surface area contributed by atoms with Crippen LogP contribution in [0.3, 0.4) is 0 Å². The number of thiazole rings is 1. The molecule has 7 heteroatoms. The Morgan fingerprint density at radius 3 is 2.75 bits per heavy atom. The van der Waals surface area contributed by atoms with Gasteiger partial charge in [-0.2, -0.15) is 0 Å². The Labute approximate surface area is 122 Å². The largest absolute Gasteiger partial charge is 0.392 e. The molecule has 0 aliphatic heterocycles. The Morgan fingerprint density at radius 2 is 2.10 bits per heavy atom. The number of sulfonamides is 1. The van der Waals surface area contributed by atoms with Gasteiger partial charge < -0.3 is 5.11 Å². The first-order valence-corrected chi connectivity index (χ1v) is 8.48. The third-order valence-corrected chi connectivity index (χ3v) is 5.16. The van der Waals surface area contributed by atoms with Gasteiger partial charge in [-0.1, -0.05) is 18.2 Å². The number of rotatable bonds is 6. The fraction of sp³-hybridized carbons (Fsp3) is 0.308. The van der Waals surface area contributed by atoms with E-state index in [9.17, 15) is 13.5 Å². The quantitative estimate of drug-likeness (QED) is 0.846. The van der Waals surface area contributed by atoms with E-state index in [4.69, 9.17) is 0 Å². The predicted octanol–water partition coefficient (Wildman–Crippen LogP) is 1.46. The van der Waals surface area contributed by atoms with Crippen molar-refractivity contribution in [2.24, 2.45) is 0 Å². The van der Waals surface area contributed by atoms with Crippen molar-refractivity contribution >= 4 is 21.4 Å². The molecular formula is C13H16N2O3S2. The van der Waals surface area contributed by atoms with Crippen molar-refractivity contribution in [2.45, 2.75) is 24.8 Å². The summed E-state index contributed by atoms with van der Waals surface area (Å²) < 4.78 is 26.9. The second-order valence-electron chi connectivity index (χ2n) is 4.27. The molecule has 0 bridgehead atoms. The number of aliphatic hydroxyl groups is 1. The molecule has 0 saturated carbocycles. The first-order valence-electron chi connectivity index (χ1n) is 6.12. The maximum atomic E-state index is 12.2. The molecule has 0 saturated heterocycles. The van der Waals surface area contributed by atoms with Crippen LogP contribution in [-0.2, 0) is 23.1 Å². The number of nitrogens with zero attached hydrogens (tertiary/aromatic N) is 1. The molecule has 0 aliphatic carbocycles. The summed E-state index contributed by atoms with van der Waals surface area (Å²) in [6.45, 7) is 1.89. The van der Waals surface area contributed by atoms with Gasteiger partial charge in [0.05, 0.1) is 22.2 Å². The molecular weight excluding hydrogens is 296 g/mol. The highest BCUT2D eigenvalue weighted by Crippen LogP contribution is 2.15. The molecule has 0 radical (unpaired) electrons. The minimum atomic E-state index is -3.60. The average molecular weight is 312 g/mol. The van der Waals surface area contributed by atoms with Crippen LogP contribution in [-0.4, -0.2) is 25.1 Å². The van der Waals surface area contributed by atoms with Crippen molar-refractivity contribution in [3.05, 3.63) is 45.9 Å². The summed E-state index contributed by atoms with van der Waals surface area (Å²) in [6.07, 6.45) is 0.546. The standard InChI is InChI=1S/C13H16N2O3S2/c1-10-15-12(9-19-10)6-7-14-20(17,18)13-5-3-2-4-11(13)8-16/h2-5,9,14,16H,6-8H2,1H3. The molecule has 20 heavy (non-hydrogen) atoms. The van der Waals surface area contributed by atoms with Crippen LogP contribution in [0.1, 0.15) is 16.3 Å². The molecule has 1 aromatic carbocycles. The van der Waals surface area contributed by atoms with Gasteiger partial charge in [0.25, 0.3) is 0 Å². The number of hydrogen-bond acceptors (Lipinski definition) is 5. The number of benzene rings is 1. The Kier molecular flexibility index (Phi) is 4.87. The highest BCUT2D eigenvalue weighted by Gasteiger charge is 2.17. The number of aryl methyl sites for hydroxylation is 1. The van der Waals surface area contributed by atoms with Gasteiger partial charge in [-0.15, -0.1) is 11.3 Å². The topological polar surface area (TPSA) is 79.3 Å².